The molecule has 13 rings (SSSR count). The van der Waals surface area contributed by atoms with Gasteiger partial charge in [0.1, 0.15) is 0 Å². The first-order chi connectivity index (χ1) is 31.8. The number of hydrogen-bond acceptors (Lipinski definition) is 2. The van der Waals surface area contributed by atoms with Gasteiger partial charge in [0.05, 0.1) is 16.5 Å². The average molecular weight is 832 g/mol. The minimum Gasteiger partial charge on any atom is -0.310 e. The van der Waals surface area contributed by atoms with Gasteiger partial charge in [0.2, 0.25) is 0 Å². The topological polar surface area (TPSA) is 3.24 Å². The van der Waals surface area contributed by atoms with Crippen molar-refractivity contribution in [3.8, 4) is 22.3 Å². The SMILES string of the molecule is c1ccc(-c2ccc(N(c3ccc4c(c3)C3(c5ccccc5-4)c4ccccc4C(c4ccccc4)(c4ccccc4)c4ccccc43)c3cccc4sc5ccccc5c34)cc2)cc1. The van der Waals surface area contributed by atoms with Crippen LogP contribution in [0.5, 0.6) is 0 Å². The van der Waals surface area contributed by atoms with Crippen LogP contribution >= 0.6 is 11.3 Å². The minimum atomic E-state index is -0.605. The van der Waals surface area contributed by atoms with E-state index in [9.17, 15) is 0 Å². The van der Waals surface area contributed by atoms with Gasteiger partial charge >= 0.3 is 0 Å². The lowest BCUT2D eigenvalue weighted by Crippen LogP contribution is -2.44. The second-order valence-corrected chi connectivity index (χ2v) is 18.2. The first-order valence-electron chi connectivity index (χ1n) is 22.2. The molecule has 10 aromatic carbocycles. The summed E-state index contributed by atoms with van der Waals surface area (Å²) in [6.07, 6.45) is 0. The van der Waals surface area contributed by atoms with Gasteiger partial charge in [0.15, 0.2) is 0 Å². The summed E-state index contributed by atoms with van der Waals surface area (Å²) in [5.41, 5.74) is 17.6. The molecule has 0 unspecified atom stereocenters. The van der Waals surface area contributed by atoms with Crippen LogP contribution in [-0.2, 0) is 10.8 Å². The Morgan fingerprint density at radius 3 is 1.45 bits per heavy atom. The highest BCUT2D eigenvalue weighted by atomic mass is 32.1. The molecule has 1 aromatic heterocycles. The standard InChI is InChI=1S/C62H41NS/c1-4-19-42(20-5-1)43-35-37-46(38-36-43)63(57-32-18-34-59-60(57)50-26-11-17-33-58(50)64-59)47-39-40-49-48-25-10-12-27-51(48)62(56(49)41-47)54-30-15-13-28-52(54)61(44-21-6-2-7-22-44,45-23-8-3-9-24-45)53-29-14-16-31-55(53)62/h1-41H. The largest absolute Gasteiger partial charge is 0.310 e. The summed E-state index contributed by atoms with van der Waals surface area (Å²) < 4.78 is 2.58. The molecule has 1 heterocycles. The quantitative estimate of drug-likeness (QED) is 0.161. The van der Waals surface area contributed by atoms with Gasteiger partial charge in [0.25, 0.3) is 0 Å². The molecule has 0 saturated carbocycles. The fourth-order valence-corrected chi connectivity index (χ4v) is 12.6. The third kappa shape index (κ3) is 5.12. The molecular weight excluding hydrogens is 791 g/mol. The van der Waals surface area contributed by atoms with Gasteiger partial charge in [-0.3, -0.25) is 0 Å². The lowest BCUT2D eigenvalue weighted by Gasteiger charge is -2.50. The molecule has 0 atom stereocenters. The van der Waals surface area contributed by atoms with Crippen molar-refractivity contribution >= 4 is 48.6 Å². The number of anilines is 3. The maximum absolute atomic E-state index is 2.53. The normalized spacial score (nSPS) is 13.9. The highest BCUT2D eigenvalue weighted by Gasteiger charge is 2.56. The summed E-state index contributed by atoms with van der Waals surface area (Å²) in [5, 5.41) is 2.56. The van der Waals surface area contributed by atoms with E-state index in [1.165, 1.54) is 92.6 Å². The average Bonchev–Trinajstić information content (AvgIpc) is 3.90. The Balaban J connectivity index is 1.12. The predicted octanol–water partition coefficient (Wildman–Crippen LogP) is 16.3. The second kappa shape index (κ2) is 14.4. The highest BCUT2D eigenvalue weighted by Crippen LogP contribution is 2.65. The molecule has 0 N–H and O–H groups in total. The molecule has 0 aliphatic heterocycles. The van der Waals surface area contributed by atoms with E-state index in [2.05, 4.69) is 254 Å². The van der Waals surface area contributed by atoms with Crippen molar-refractivity contribution in [2.45, 2.75) is 10.8 Å². The van der Waals surface area contributed by atoms with Crippen LogP contribution in [0.2, 0.25) is 0 Å². The molecule has 2 heteroatoms. The van der Waals surface area contributed by atoms with E-state index < -0.39 is 10.8 Å². The molecule has 1 nitrogen and oxygen atoms in total. The van der Waals surface area contributed by atoms with Gasteiger partial charge in [-0.1, -0.05) is 206 Å². The van der Waals surface area contributed by atoms with Crippen molar-refractivity contribution < 1.29 is 0 Å². The first-order valence-corrected chi connectivity index (χ1v) is 23.0. The zero-order valence-corrected chi connectivity index (χ0v) is 35.8. The van der Waals surface area contributed by atoms with Crippen molar-refractivity contribution in [2.75, 3.05) is 4.90 Å². The highest BCUT2D eigenvalue weighted by molar-refractivity contribution is 7.26. The van der Waals surface area contributed by atoms with Crippen LogP contribution in [0.15, 0.2) is 249 Å². The molecule has 1 spiro atoms. The Morgan fingerprint density at radius 2 is 0.797 bits per heavy atom. The van der Waals surface area contributed by atoms with Crippen molar-refractivity contribution in [3.63, 3.8) is 0 Å². The number of fused-ring (bicyclic) bond motifs is 12. The van der Waals surface area contributed by atoms with Gasteiger partial charge < -0.3 is 4.90 Å². The van der Waals surface area contributed by atoms with E-state index in [-0.39, 0.29) is 0 Å². The lowest BCUT2D eigenvalue weighted by atomic mass is 9.51. The molecule has 0 amide bonds. The summed E-state index contributed by atoms with van der Waals surface area (Å²) in [6, 6.07) is 92.9. The molecular formula is C62H41NS. The number of benzene rings is 10. The summed E-state index contributed by atoms with van der Waals surface area (Å²) >= 11 is 1.87. The molecule has 300 valence electrons. The maximum atomic E-state index is 2.53. The van der Waals surface area contributed by atoms with Crippen molar-refractivity contribution in [2.24, 2.45) is 0 Å². The molecule has 0 fully saturated rings. The second-order valence-electron chi connectivity index (χ2n) is 17.1. The van der Waals surface area contributed by atoms with Crippen molar-refractivity contribution in [3.05, 3.63) is 293 Å². The Hall–Kier alpha value is -7.78. The predicted molar refractivity (Wildman–Crippen MR) is 269 cm³/mol. The van der Waals surface area contributed by atoms with E-state index in [4.69, 9.17) is 0 Å². The van der Waals surface area contributed by atoms with Crippen LogP contribution in [0.3, 0.4) is 0 Å². The summed E-state index contributed by atoms with van der Waals surface area (Å²) in [4.78, 5) is 2.51. The van der Waals surface area contributed by atoms with Crippen LogP contribution in [0.1, 0.15) is 44.5 Å². The van der Waals surface area contributed by atoms with E-state index in [1.807, 2.05) is 11.3 Å². The molecule has 64 heavy (non-hydrogen) atoms. The van der Waals surface area contributed by atoms with Gasteiger partial charge in [-0.15, -0.1) is 11.3 Å². The smallest absolute Gasteiger partial charge is 0.0720 e. The summed E-state index contributed by atoms with van der Waals surface area (Å²) in [7, 11) is 0. The lowest BCUT2D eigenvalue weighted by molar-refractivity contribution is 0.623. The van der Waals surface area contributed by atoms with E-state index in [1.54, 1.807) is 0 Å². The van der Waals surface area contributed by atoms with E-state index in [0.717, 1.165) is 11.4 Å². The zero-order valence-electron chi connectivity index (χ0n) is 35.0. The molecule has 2 aliphatic carbocycles. The van der Waals surface area contributed by atoms with Crippen LogP contribution in [0.4, 0.5) is 17.1 Å². The molecule has 0 bridgehead atoms. The van der Waals surface area contributed by atoms with Crippen molar-refractivity contribution in [1.82, 2.24) is 0 Å². The van der Waals surface area contributed by atoms with Crippen LogP contribution in [-0.4, -0.2) is 0 Å². The number of hydrogen-bond donors (Lipinski definition) is 0. The first kappa shape index (κ1) is 36.8. The van der Waals surface area contributed by atoms with Gasteiger partial charge in [-0.25, -0.2) is 0 Å². The number of rotatable bonds is 6. The molecule has 0 saturated heterocycles. The summed E-state index contributed by atoms with van der Waals surface area (Å²) in [5.74, 6) is 0. The van der Waals surface area contributed by atoms with Gasteiger partial charge in [-0.2, -0.15) is 0 Å². The molecule has 2 aliphatic rings. The third-order valence-electron chi connectivity index (χ3n) is 14.0. The van der Waals surface area contributed by atoms with E-state index in [0.29, 0.717) is 0 Å². The van der Waals surface area contributed by atoms with Crippen LogP contribution < -0.4 is 4.90 Å². The van der Waals surface area contributed by atoms with Crippen LogP contribution in [0, 0.1) is 0 Å². The fourth-order valence-electron chi connectivity index (χ4n) is 11.5. The van der Waals surface area contributed by atoms with Gasteiger partial charge in [-0.05, 0) is 109 Å². The van der Waals surface area contributed by atoms with Crippen molar-refractivity contribution in [1.29, 1.82) is 0 Å². The third-order valence-corrected chi connectivity index (χ3v) is 15.2. The molecule has 0 radical (unpaired) electrons. The Kier molecular flexibility index (Phi) is 8.28. The van der Waals surface area contributed by atoms with Gasteiger partial charge in [0, 0.05) is 31.5 Å². The fraction of sp³-hybridized carbons (Fsp3) is 0.0323. The Morgan fingerprint density at radius 1 is 0.312 bits per heavy atom. The van der Waals surface area contributed by atoms with E-state index >= 15 is 0 Å². The zero-order chi connectivity index (χ0) is 42.2. The number of nitrogens with zero attached hydrogens (tertiary/aromatic N) is 1. The monoisotopic (exact) mass is 831 g/mol. The number of thiophene rings is 1. The maximum Gasteiger partial charge on any atom is 0.0720 e. The summed E-state index contributed by atoms with van der Waals surface area (Å²) in [6.45, 7) is 0. The molecule has 11 aromatic rings. The minimum absolute atomic E-state index is 0.557. The Labute approximate surface area is 377 Å². The Bertz CT molecular complexity index is 3460. The van der Waals surface area contributed by atoms with Crippen LogP contribution in [0.25, 0.3) is 42.4 Å².